The van der Waals surface area contributed by atoms with Gasteiger partial charge in [-0.3, -0.25) is 0 Å². The number of aromatic nitrogens is 2. The van der Waals surface area contributed by atoms with Gasteiger partial charge in [0.15, 0.2) is 0 Å². The molecule has 1 N–H and O–H groups in total. The zero-order valence-corrected chi connectivity index (χ0v) is 19.8. The van der Waals surface area contributed by atoms with Crippen LogP contribution in [0.3, 0.4) is 0 Å². The highest BCUT2D eigenvalue weighted by Gasteiger charge is 2.41. The fourth-order valence-corrected chi connectivity index (χ4v) is 5.09. The van der Waals surface area contributed by atoms with Crippen LogP contribution in [0.1, 0.15) is 88.6 Å². The van der Waals surface area contributed by atoms with Gasteiger partial charge in [-0.2, -0.15) is 0 Å². The van der Waals surface area contributed by atoms with Crippen molar-refractivity contribution in [2.45, 2.75) is 90.0 Å². The van der Waals surface area contributed by atoms with Crippen LogP contribution in [0, 0.1) is 0 Å². The van der Waals surface area contributed by atoms with E-state index in [9.17, 15) is 0 Å². The number of benzene rings is 2. The number of nitrogens with one attached hydrogen (secondary N) is 1. The van der Waals surface area contributed by atoms with Crippen molar-refractivity contribution >= 4 is 0 Å². The van der Waals surface area contributed by atoms with Gasteiger partial charge in [0.2, 0.25) is 0 Å². The maximum absolute atomic E-state index is 3.67. The Kier molecular flexibility index (Phi) is 8.94. The minimum Gasteiger partial charge on any atom is -0.247 e. The lowest BCUT2D eigenvalue weighted by Crippen LogP contribution is -2.43. The summed E-state index contributed by atoms with van der Waals surface area (Å²) in [6, 6.07) is 22.2. The lowest BCUT2D eigenvalue weighted by Gasteiger charge is -2.37. The van der Waals surface area contributed by atoms with Gasteiger partial charge in [0.25, 0.3) is 5.82 Å². The van der Waals surface area contributed by atoms with E-state index in [0.717, 1.165) is 19.4 Å². The maximum Gasteiger partial charge on any atom is 0.258 e. The summed E-state index contributed by atoms with van der Waals surface area (Å²) in [5.74, 6) is 1.83. The molecule has 0 aliphatic rings. The molecule has 2 nitrogen and oxygen atoms in total. The Morgan fingerprint density at radius 1 is 0.839 bits per heavy atom. The average Bonchev–Trinajstić information content (AvgIpc) is 3.25. The van der Waals surface area contributed by atoms with E-state index in [0.29, 0.717) is 5.92 Å². The van der Waals surface area contributed by atoms with Gasteiger partial charge in [0.1, 0.15) is 12.4 Å². The van der Waals surface area contributed by atoms with E-state index in [1.165, 1.54) is 55.5 Å². The molecule has 0 aliphatic carbocycles. The van der Waals surface area contributed by atoms with Crippen molar-refractivity contribution in [2.75, 3.05) is 0 Å². The van der Waals surface area contributed by atoms with Gasteiger partial charge in [0, 0.05) is 5.41 Å². The second-order valence-electron chi connectivity index (χ2n) is 9.24. The van der Waals surface area contributed by atoms with E-state index < -0.39 is 0 Å². The van der Waals surface area contributed by atoms with Crippen molar-refractivity contribution in [3.8, 4) is 0 Å². The molecule has 31 heavy (non-hydrogen) atoms. The molecular weight excluding hydrogens is 376 g/mol. The van der Waals surface area contributed by atoms with Crippen LogP contribution in [0.15, 0.2) is 73.1 Å². The van der Waals surface area contributed by atoms with Gasteiger partial charge in [-0.1, -0.05) is 114 Å². The molecule has 0 fully saturated rings. The van der Waals surface area contributed by atoms with Crippen molar-refractivity contribution < 1.29 is 4.57 Å². The van der Waals surface area contributed by atoms with Crippen LogP contribution in [-0.4, -0.2) is 4.98 Å². The van der Waals surface area contributed by atoms with Gasteiger partial charge in [-0.25, -0.2) is 9.55 Å². The fourth-order valence-electron chi connectivity index (χ4n) is 5.09. The molecule has 1 aromatic heterocycles. The first kappa shape index (κ1) is 23.3. The van der Waals surface area contributed by atoms with E-state index in [1.54, 1.807) is 0 Å². The molecule has 0 saturated heterocycles. The van der Waals surface area contributed by atoms with Crippen molar-refractivity contribution in [3.05, 3.63) is 90.0 Å². The van der Waals surface area contributed by atoms with E-state index in [4.69, 9.17) is 0 Å². The highest BCUT2D eigenvalue weighted by Crippen LogP contribution is 2.43. The van der Waals surface area contributed by atoms with E-state index in [-0.39, 0.29) is 5.41 Å². The van der Waals surface area contributed by atoms with E-state index in [1.807, 2.05) is 0 Å². The number of imidazole rings is 1. The second-order valence-corrected chi connectivity index (χ2v) is 9.24. The molecular formula is C29H41N2+. The van der Waals surface area contributed by atoms with Gasteiger partial charge in [-0.05, 0) is 30.4 Å². The van der Waals surface area contributed by atoms with Crippen LogP contribution < -0.4 is 4.57 Å². The molecule has 0 spiro atoms. The number of H-pyrrole nitrogens is 1. The first-order chi connectivity index (χ1) is 15.2. The Bertz CT molecular complexity index is 868. The summed E-state index contributed by atoms with van der Waals surface area (Å²) in [4.78, 5) is 3.67. The lowest BCUT2D eigenvalue weighted by molar-refractivity contribution is -0.704. The zero-order valence-electron chi connectivity index (χ0n) is 19.8. The Morgan fingerprint density at radius 3 is 2.19 bits per heavy atom. The standard InChI is InChI=1S/C29H40N2/c1-4-6-7-8-15-20-27(28-30-21-23-31(28)22-5-2)29(3,26-18-13-10-14-19-26)24-25-16-11-9-12-17-25/h9-14,16-19,21,23,27H,4-8,15,20,22,24H2,1-3H3/p+1. The zero-order chi connectivity index (χ0) is 21.9. The molecule has 2 unspecified atom stereocenters. The molecule has 0 saturated carbocycles. The van der Waals surface area contributed by atoms with Crippen molar-refractivity contribution in [2.24, 2.45) is 0 Å². The summed E-state index contributed by atoms with van der Waals surface area (Å²) in [6.07, 6.45) is 14.4. The lowest BCUT2D eigenvalue weighted by atomic mass is 9.66. The molecule has 0 radical (unpaired) electrons. The molecule has 0 bridgehead atoms. The largest absolute Gasteiger partial charge is 0.258 e. The molecule has 0 amide bonds. The summed E-state index contributed by atoms with van der Waals surface area (Å²) >= 11 is 0. The quantitative estimate of drug-likeness (QED) is 0.221. The molecule has 0 aliphatic heterocycles. The molecule has 166 valence electrons. The van der Waals surface area contributed by atoms with Gasteiger partial charge in [-0.15, -0.1) is 0 Å². The van der Waals surface area contributed by atoms with Crippen LogP contribution in [0.5, 0.6) is 0 Å². The third-order valence-electron chi connectivity index (χ3n) is 6.80. The summed E-state index contributed by atoms with van der Waals surface area (Å²) < 4.78 is 2.46. The van der Waals surface area contributed by atoms with Crippen LogP contribution in [0.2, 0.25) is 0 Å². The Hall–Kier alpha value is -2.35. The number of aryl methyl sites for hydroxylation is 1. The minimum atomic E-state index is 0.0215. The van der Waals surface area contributed by atoms with Crippen molar-refractivity contribution in [3.63, 3.8) is 0 Å². The topological polar surface area (TPSA) is 19.7 Å². The SMILES string of the molecule is CCCCCCCC(c1[nH]cc[n+]1CCC)C(C)(Cc1ccccc1)c1ccccc1. The maximum atomic E-state index is 3.67. The van der Waals surface area contributed by atoms with Gasteiger partial charge in [0.05, 0.1) is 12.5 Å². The van der Waals surface area contributed by atoms with E-state index >= 15 is 0 Å². The highest BCUT2D eigenvalue weighted by molar-refractivity contribution is 5.32. The average molecular weight is 418 g/mol. The van der Waals surface area contributed by atoms with Gasteiger partial charge >= 0.3 is 0 Å². The number of nitrogens with zero attached hydrogens (tertiary/aromatic N) is 1. The normalized spacial score (nSPS) is 14.3. The summed E-state index contributed by atoms with van der Waals surface area (Å²) in [6.45, 7) is 8.12. The Balaban J connectivity index is 2.00. The molecule has 1 heterocycles. The van der Waals surface area contributed by atoms with Crippen molar-refractivity contribution in [1.29, 1.82) is 0 Å². The van der Waals surface area contributed by atoms with Crippen molar-refractivity contribution in [1.82, 2.24) is 4.98 Å². The molecule has 3 rings (SSSR count). The fraction of sp³-hybridized carbons (Fsp3) is 0.483. The summed E-state index contributed by atoms with van der Waals surface area (Å²) in [5, 5.41) is 0. The molecule has 2 aromatic carbocycles. The van der Waals surface area contributed by atoms with Gasteiger partial charge < -0.3 is 0 Å². The van der Waals surface area contributed by atoms with Crippen LogP contribution in [0.4, 0.5) is 0 Å². The number of rotatable bonds is 13. The number of aromatic amines is 1. The third kappa shape index (κ3) is 6.09. The van der Waals surface area contributed by atoms with Crippen LogP contribution >= 0.6 is 0 Å². The van der Waals surface area contributed by atoms with Crippen LogP contribution in [-0.2, 0) is 18.4 Å². The minimum absolute atomic E-state index is 0.0215. The summed E-state index contributed by atoms with van der Waals surface area (Å²) in [5.41, 5.74) is 2.88. The Morgan fingerprint density at radius 2 is 1.52 bits per heavy atom. The number of hydrogen-bond donors (Lipinski definition) is 1. The molecule has 2 atom stereocenters. The Labute approximate surface area is 189 Å². The predicted molar refractivity (Wildman–Crippen MR) is 131 cm³/mol. The number of hydrogen-bond acceptors (Lipinski definition) is 0. The molecule has 3 aromatic rings. The monoisotopic (exact) mass is 417 g/mol. The number of unbranched alkanes of at least 4 members (excludes halogenated alkanes) is 4. The second kappa shape index (κ2) is 11.9. The summed E-state index contributed by atoms with van der Waals surface area (Å²) in [7, 11) is 0. The smallest absolute Gasteiger partial charge is 0.247 e. The first-order valence-corrected chi connectivity index (χ1v) is 12.3. The van der Waals surface area contributed by atoms with E-state index in [2.05, 4.69) is 103 Å². The highest BCUT2D eigenvalue weighted by atomic mass is 15.1. The third-order valence-corrected chi connectivity index (χ3v) is 6.80. The first-order valence-electron chi connectivity index (χ1n) is 12.3. The molecule has 2 heteroatoms. The van der Waals surface area contributed by atoms with Crippen LogP contribution in [0.25, 0.3) is 0 Å². The predicted octanol–water partition coefficient (Wildman–Crippen LogP) is 7.36.